The molecule has 1 saturated heterocycles. The van der Waals surface area contributed by atoms with Crippen LogP contribution < -0.4 is 0 Å². The van der Waals surface area contributed by atoms with Crippen LogP contribution in [-0.2, 0) is 28.6 Å². The smallest absolute Gasteiger partial charge is 0.330 e. The summed E-state index contributed by atoms with van der Waals surface area (Å²) >= 11 is 0. The summed E-state index contributed by atoms with van der Waals surface area (Å²) in [5.41, 5.74) is -0.982. The highest BCUT2D eigenvalue weighted by Gasteiger charge is 2.73. The molecule has 5 atom stereocenters. The maximum Gasteiger partial charge on any atom is 0.330 e. The molecular formula is C14H16O6. The summed E-state index contributed by atoms with van der Waals surface area (Å²) in [4.78, 5) is 35.7. The van der Waals surface area contributed by atoms with Crippen molar-refractivity contribution in [1.82, 2.24) is 0 Å². The van der Waals surface area contributed by atoms with E-state index < -0.39 is 29.4 Å². The van der Waals surface area contributed by atoms with Crippen LogP contribution in [0.4, 0.5) is 0 Å². The lowest BCUT2D eigenvalue weighted by Gasteiger charge is -2.33. The standard InChI is InChI=1S/C14H16O6/c1-3-9(15)20-14-5-7-8(6-14)19-12(16)10(7)11(14)13(17)18-4-2/h3,7-8,10-11H,1,4-6H2,2H3. The molecule has 6 heteroatoms. The highest BCUT2D eigenvalue weighted by molar-refractivity contribution is 5.88. The van der Waals surface area contributed by atoms with Crippen molar-refractivity contribution in [3.63, 3.8) is 0 Å². The van der Waals surface area contributed by atoms with Gasteiger partial charge in [0.25, 0.3) is 0 Å². The first-order chi connectivity index (χ1) is 9.52. The van der Waals surface area contributed by atoms with Gasteiger partial charge in [-0.3, -0.25) is 9.59 Å². The number of hydrogen-bond acceptors (Lipinski definition) is 6. The monoisotopic (exact) mass is 280 g/mol. The molecule has 0 aromatic rings. The van der Waals surface area contributed by atoms with Crippen LogP contribution in [0.5, 0.6) is 0 Å². The van der Waals surface area contributed by atoms with Crippen LogP contribution in [0.2, 0.25) is 0 Å². The van der Waals surface area contributed by atoms with Crippen molar-refractivity contribution in [3.05, 3.63) is 12.7 Å². The summed E-state index contributed by atoms with van der Waals surface area (Å²) in [6, 6.07) is 0. The summed E-state index contributed by atoms with van der Waals surface area (Å²) in [6.07, 6.45) is 1.64. The Balaban J connectivity index is 1.95. The molecule has 0 spiro atoms. The Bertz CT molecular complexity index is 494. The van der Waals surface area contributed by atoms with Gasteiger partial charge in [-0.25, -0.2) is 4.79 Å². The Kier molecular flexibility index (Phi) is 2.84. The number of ether oxygens (including phenoxy) is 3. The summed E-state index contributed by atoms with van der Waals surface area (Å²) in [5, 5.41) is 0. The van der Waals surface area contributed by atoms with Gasteiger partial charge in [-0.2, -0.15) is 0 Å². The van der Waals surface area contributed by atoms with Crippen molar-refractivity contribution < 1.29 is 28.6 Å². The van der Waals surface area contributed by atoms with Gasteiger partial charge in [0.05, 0.1) is 12.5 Å². The summed E-state index contributed by atoms with van der Waals surface area (Å²) in [6.45, 7) is 5.28. The third-order valence-corrected chi connectivity index (χ3v) is 4.54. The minimum atomic E-state index is -0.982. The lowest BCUT2D eigenvalue weighted by molar-refractivity contribution is -0.173. The molecule has 3 aliphatic rings. The third kappa shape index (κ3) is 1.60. The molecule has 0 radical (unpaired) electrons. The number of rotatable bonds is 4. The quantitative estimate of drug-likeness (QED) is 0.426. The summed E-state index contributed by atoms with van der Waals surface area (Å²) in [7, 11) is 0. The Morgan fingerprint density at radius 2 is 2.25 bits per heavy atom. The SMILES string of the molecule is C=CC(=O)OC12CC3OC(=O)C(C3C1)C2C(=O)OCC. The molecule has 3 fully saturated rings. The van der Waals surface area contributed by atoms with Crippen LogP contribution in [0.15, 0.2) is 12.7 Å². The average Bonchev–Trinajstić information content (AvgIpc) is 2.95. The van der Waals surface area contributed by atoms with E-state index in [2.05, 4.69) is 6.58 Å². The maximum absolute atomic E-state index is 12.2. The molecule has 0 aromatic heterocycles. The van der Waals surface area contributed by atoms with E-state index in [1.54, 1.807) is 6.92 Å². The fraction of sp³-hybridized carbons (Fsp3) is 0.643. The van der Waals surface area contributed by atoms with Crippen molar-refractivity contribution >= 4 is 17.9 Å². The normalized spacial score (nSPS) is 40.4. The molecule has 0 amide bonds. The number of fused-ring (bicyclic) bond motifs is 1. The highest BCUT2D eigenvalue weighted by atomic mass is 16.6. The number of esters is 3. The second-order valence-electron chi connectivity index (χ2n) is 5.49. The minimum absolute atomic E-state index is 0.0606. The number of hydrogen-bond donors (Lipinski definition) is 0. The molecule has 108 valence electrons. The van der Waals surface area contributed by atoms with E-state index in [4.69, 9.17) is 14.2 Å². The molecular weight excluding hydrogens is 264 g/mol. The third-order valence-electron chi connectivity index (χ3n) is 4.54. The zero-order chi connectivity index (χ0) is 14.5. The summed E-state index contributed by atoms with van der Waals surface area (Å²) < 4.78 is 15.8. The molecule has 0 N–H and O–H groups in total. The van der Waals surface area contributed by atoms with Crippen molar-refractivity contribution in [2.24, 2.45) is 17.8 Å². The van der Waals surface area contributed by atoms with E-state index in [9.17, 15) is 14.4 Å². The summed E-state index contributed by atoms with van der Waals surface area (Å²) in [5.74, 6) is -2.84. The van der Waals surface area contributed by atoms with Crippen LogP contribution in [0.1, 0.15) is 19.8 Å². The topological polar surface area (TPSA) is 78.9 Å². The van der Waals surface area contributed by atoms with Crippen LogP contribution in [0.3, 0.4) is 0 Å². The molecule has 0 aromatic carbocycles. The largest absolute Gasteiger partial charge is 0.466 e. The fourth-order valence-electron chi connectivity index (χ4n) is 3.94. The van der Waals surface area contributed by atoms with E-state index in [-0.39, 0.29) is 24.6 Å². The van der Waals surface area contributed by atoms with E-state index in [1.165, 1.54) is 0 Å². The lowest BCUT2D eigenvalue weighted by Crippen LogP contribution is -2.47. The van der Waals surface area contributed by atoms with Gasteiger partial charge in [0.2, 0.25) is 0 Å². The van der Waals surface area contributed by atoms with Gasteiger partial charge in [-0.15, -0.1) is 0 Å². The van der Waals surface area contributed by atoms with Gasteiger partial charge < -0.3 is 14.2 Å². The highest BCUT2D eigenvalue weighted by Crippen LogP contribution is 2.61. The van der Waals surface area contributed by atoms with Crippen LogP contribution in [0.25, 0.3) is 0 Å². The molecule has 2 bridgehead atoms. The van der Waals surface area contributed by atoms with E-state index in [0.29, 0.717) is 12.8 Å². The van der Waals surface area contributed by atoms with Crippen LogP contribution in [-0.4, -0.2) is 36.2 Å². The number of carbonyl (C=O) groups excluding carboxylic acids is 3. The molecule has 5 unspecified atom stereocenters. The van der Waals surface area contributed by atoms with Gasteiger partial charge in [0, 0.05) is 18.4 Å². The molecule has 20 heavy (non-hydrogen) atoms. The molecule has 2 aliphatic carbocycles. The molecule has 1 heterocycles. The molecule has 3 rings (SSSR count). The van der Waals surface area contributed by atoms with Crippen molar-refractivity contribution in [1.29, 1.82) is 0 Å². The predicted molar refractivity (Wildman–Crippen MR) is 65.2 cm³/mol. The van der Waals surface area contributed by atoms with Gasteiger partial charge in [-0.1, -0.05) is 6.58 Å². The van der Waals surface area contributed by atoms with Gasteiger partial charge >= 0.3 is 17.9 Å². The van der Waals surface area contributed by atoms with E-state index >= 15 is 0 Å². The molecule has 1 aliphatic heterocycles. The second-order valence-corrected chi connectivity index (χ2v) is 5.49. The predicted octanol–water partition coefficient (Wildman–Crippen LogP) is 0.599. The zero-order valence-corrected chi connectivity index (χ0v) is 11.2. The Morgan fingerprint density at radius 1 is 1.50 bits per heavy atom. The van der Waals surface area contributed by atoms with Gasteiger partial charge in [0.15, 0.2) is 0 Å². The first-order valence-electron chi connectivity index (χ1n) is 6.75. The van der Waals surface area contributed by atoms with Crippen molar-refractivity contribution in [2.45, 2.75) is 31.5 Å². The first-order valence-corrected chi connectivity index (χ1v) is 6.75. The second kappa shape index (κ2) is 4.33. The zero-order valence-electron chi connectivity index (χ0n) is 11.2. The average molecular weight is 280 g/mol. The lowest BCUT2D eigenvalue weighted by atomic mass is 9.77. The van der Waals surface area contributed by atoms with E-state index in [1.807, 2.05) is 0 Å². The van der Waals surface area contributed by atoms with Crippen molar-refractivity contribution in [3.8, 4) is 0 Å². The maximum atomic E-state index is 12.2. The minimum Gasteiger partial charge on any atom is -0.466 e. The fourth-order valence-corrected chi connectivity index (χ4v) is 3.94. The molecule has 2 saturated carbocycles. The van der Waals surface area contributed by atoms with Crippen LogP contribution in [0, 0.1) is 17.8 Å². The Hall–Kier alpha value is -1.85. The molecule has 6 nitrogen and oxygen atoms in total. The first kappa shape index (κ1) is 13.1. The van der Waals surface area contributed by atoms with Crippen LogP contribution >= 0.6 is 0 Å². The van der Waals surface area contributed by atoms with Crippen molar-refractivity contribution in [2.75, 3.05) is 6.61 Å². The Morgan fingerprint density at radius 3 is 2.90 bits per heavy atom. The number of carbonyl (C=O) groups is 3. The van der Waals surface area contributed by atoms with Gasteiger partial charge in [0.1, 0.15) is 17.6 Å². The Labute approximate surface area is 116 Å². The van der Waals surface area contributed by atoms with Gasteiger partial charge in [-0.05, 0) is 13.3 Å². The van der Waals surface area contributed by atoms with E-state index in [0.717, 1.165) is 6.08 Å².